The Kier molecular flexibility index (Phi) is 62.7. The number of hydrogen-bond donors (Lipinski definition) is 3. The smallest absolute Gasteiger partial charge is 0.462 e. The minimum Gasteiger partial charge on any atom is -0.462 e. The maximum Gasteiger partial charge on any atom is 0.472 e. The van der Waals surface area contributed by atoms with Crippen molar-refractivity contribution in [3.8, 4) is 0 Å². The molecule has 5 atom stereocenters. The largest absolute Gasteiger partial charge is 0.472 e. The van der Waals surface area contributed by atoms with Crippen LogP contribution in [0, 0.1) is 11.8 Å². The van der Waals surface area contributed by atoms with Gasteiger partial charge in [-0.1, -0.05) is 318 Å². The van der Waals surface area contributed by atoms with Gasteiger partial charge in [0.25, 0.3) is 0 Å². The van der Waals surface area contributed by atoms with Gasteiger partial charge >= 0.3 is 39.5 Å². The molecular weight excluding hydrogens is 1200 g/mol. The van der Waals surface area contributed by atoms with E-state index in [-0.39, 0.29) is 25.7 Å². The normalized spacial score (nSPS) is 14.1. The summed E-state index contributed by atoms with van der Waals surface area (Å²) in [6.45, 7) is 9.54. The van der Waals surface area contributed by atoms with E-state index in [2.05, 4.69) is 41.5 Å². The topological polar surface area (TPSA) is 237 Å². The number of aliphatic hydroxyl groups excluding tert-OH is 1. The predicted molar refractivity (Wildman–Crippen MR) is 368 cm³/mol. The van der Waals surface area contributed by atoms with E-state index in [0.717, 1.165) is 121 Å². The van der Waals surface area contributed by atoms with Gasteiger partial charge in [-0.2, -0.15) is 0 Å². The minimum atomic E-state index is -4.95. The summed E-state index contributed by atoms with van der Waals surface area (Å²) in [5.41, 5.74) is 0. The van der Waals surface area contributed by atoms with E-state index in [0.29, 0.717) is 25.7 Å². The molecule has 0 bridgehead atoms. The molecule has 0 aliphatic carbocycles. The lowest BCUT2D eigenvalue weighted by Gasteiger charge is -2.21. The maximum absolute atomic E-state index is 13.1. The molecule has 0 fully saturated rings. The summed E-state index contributed by atoms with van der Waals surface area (Å²) in [5, 5.41) is 10.6. The van der Waals surface area contributed by atoms with Crippen LogP contribution in [0.2, 0.25) is 0 Å². The van der Waals surface area contributed by atoms with Crippen LogP contribution in [0.5, 0.6) is 0 Å². The minimum absolute atomic E-state index is 0.105. The van der Waals surface area contributed by atoms with Crippen LogP contribution in [-0.2, 0) is 65.4 Å². The van der Waals surface area contributed by atoms with Crippen LogP contribution in [-0.4, -0.2) is 96.7 Å². The fourth-order valence-electron chi connectivity index (χ4n) is 10.9. The van der Waals surface area contributed by atoms with Gasteiger partial charge in [0.15, 0.2) is 12.2 Å². The second kappa shape index (κ2) is 64.1. The molecule has 0 saturated carbocycles. The van der Waals surface area contributed by atoms with Crippen molar-refractivity contribution in [2.75, 3.05) is 39.6 Å². The number of phosphoric acid groups is 2. The molecule has 91 heavy (non-hydrogen) atoms. The molecule has 0 aromatic rings. The highest BCUT2D eigenvalue weighted by Gasteiger charge is 2.30. The van der Waals surface area contributed by atoms with E-state index >= 15 is 0 Å². The standard InChI is InChI=1S/C72H140O17P2/c1-7-9-11-13-15-37-44-50-56-71(76)88-67(60-82-69(74)54-48-42-34-14-12-10-8-2)62-86-90(78,79)84-58-66(73)59-85-91(80,81)87-63-68(61-83-70(75)55-49-43-38-32-28-25-24-27-31-36-41-47-53-65(5)6)89-72(77)57-51-45-39-33-29-23-21-19-17-16-18-20-22-26-30-35-40-46-52-64(3)4/h64-68,73H,7-63H2,1-6H3,(H,78,79)(H,80,81)/t66-,67+,68+/m0/s1. The third kappa shape index (κ3) is 66.5. The van der Waals surface area contributed by atoms with Crippen molar-refractivity contribution in [1.82, 2.24) is 0 Å². The van der Waals surface area contributed by atoms with E-state index < -0.39 is 97.5 Å². The zero-order valence-corrected chi connectivity index (χ0v) is 60.9. The Morgan fingerprint density at radius 1 is 0.297 bits per heavy atom. The third-order valence-corrected chi connectivity index (χ3v) is 18.6. The fraction of sp³-hybridized carbons (Fsp3) is 0.944. The van der Waals surface area contributed by atoms with Crippen molar-refractivity contribution in [3.63, 3.8) is 0 Å². The number of carbonyl (C=O) groups excluding carboxylic acids is 4. The molecule has 19 heteroatoms. The van der Waals surface area contributed by atoms with Crippen molar-refractivity contribution >= 4 is 39.5 Å². The quantitative estimate of drug-likeness (QED) is 0.0222. The number of rotatable bonds is 71. The Bertz CT molecular complexity index is 1770. The highest BCUT2D eigenvalue weighted by molar-refractivity contribution is 7.47. The summed E-state index contributed by atoms with van der Waals surface area (Å²) in [6.07, 6.45) is 50.3. The fourth-order valence-corrected chi connectivity index (χ4v) is 12.5. The third-order valence-electron chi connectivity index (χ3n) is 16.7. The molecule has 0 aliphatic rings. The van der Waals surface area contributed by atoms with E-state index in [4.69, 9.17) is 37.0 Å². The van der Waals surface area contributed by atoms with Gasteiger partial charge in [0.2, 0.25) is 0 Å². The lowest BCUT2D eigenvalue weighted by Crippen LogP contribution is -2.30. The Hall–Kier alpha value is -1.94. The van der Waals surface area contributed by atoms with Crippen molar-refractivity contribution in [2.24, 2.45) is 11.8 Å². The first-order valence-corrected chi connectivity index (χ1v) is 40.5. The van der Waals surface area contributed by atoms with E-state index in [1.165, 1.54) is 167 Å². The van der Waals surface area contributed by atoms with Crippen LogP contribution in [0.3, 0.4) is 0 Å². The highest BCUT2D eigenvalue weighted by Crippen LogP contribution is 2.45. The second-order valence-electron chi connectivity index (χ2n) is 26.9. The summed E-state index contributed by atoms with van der Waals surface area (Å²) in [5.74, 6) is -0.527. The first-order valence-electron chi connectivity index (χ1n) is 37.5. The van der Waals surface area contributed by atoms with Crippen molar-refractivity contribution in [1.29, 1.82) is 0 Å². The van der Waals surface area contributed by atoms with E-state index in [9.17, 15) is 43.2 Å². The number of hydrogen-bond acceptors (Lipinski definition) is 15. The number of carbonyl (C=O) groups is 4. The van der Waals surface area contributed by atoms with Gasteiger partial charge in [-0.3, -0.25) is 37.3 Å². The Morgan fingerprint density at radius 3 is 0.747 bits per heavy atom. The lowest BCUT2D eigenvalue weighted by molar-refractivity contribution is -0.161. The lowest BCUT2D eigenvalue weighted by atomic mass is 10.0. The Morgan fingerprint density at radius 2 is 0.505 bits per heavy atom. The van der Waals surface area contributed by atoms with Crippen LogP contribution in [0.4, 0.5) is 0 Å². The van der Waals surface area contributed by atoms with Crippen LogP contribution in [0.1, 0.15) is 369 Å². The molecule has 0 aliphatic heterocycles. The van der Waals surface area contributed by atoms with Crippen LogP contribution in [0.15, 0.2) is 0 Å². The average Bonchev–Trinajstić information content (AvgIpc) is 2.96. The van der Waals surface area contributed by atoms with Gasteiger partial charge < -0.3 is 33.8 Å². The summed E-state index contributed by atoms with van der Waals surface area (Å²) in [6, 6.07) is 0. The second-order valence-corrected chi connectivity index (χ2v) is 29.8. The summed E-state index contributed by atoms with van der Waals surface area (Å²) < 4.78 is 68.1. The average molecular weight is 1340 g/mol. The SMILES string of the molecule is CCCCCCCCCCC(=O)O[C@H](COC(=O)CCCCCCCCC)COP(=O)(O)OC[C@H](O)COP(=O)(O)OC[C@@H](COC(=O)CCCCCCCCCCCCCCC(C)C)OC(=O)CCCCCCCCCCCCCCCCCCCCC(C)C. The number of unbranched alkanes of at least 4 members (excludes halogenated alkanes) is 41. The van der Waals surface area contributed by atoms with Crippen molar-refractivity contribution in [3.05, 3.63) is 0 Å². The van der Waals surface area contributed by atoms with Crippen LogP contribution < -0.4 is 0 Å². The van der Waals surface area contributed by atoms with Crippen molar-refractivity contribution < 1.29 is 80.2 Å². The zero-order chi connectivity index (χ0) is 67.2. The molecular formula is C72H140O17P2. The summed E-state index contributed by atoms with van der Waals surface area (Å²) in [4.78, 5) is 72.3. The van der Waals surface area contributed by atoms with E-state index in [1.807, 2.05) is 0 Å². The Labute approximate surface area is 556 Å². The molecule has 0 spiro atoms. The predicted octanol–water partition coefficient (Wildman–Crippen LogP) is 20.8. The molecule has 0 aromatic heterocycles. The van der Waals surface area contributed by atoms with Gasteiger partial charge in [-0.25, -0.2) is 9.13 Å². The van der Waals surface area contributed by atoms with Crippen LogP contribution >= 0.6 is 15.6 Å². The number of ether oxygens (including phenoxy) is 4. The number of aliphatic hydroxyl groups is 1. The van der Waals surface area contributed by atoms with Gasteiger partial charge in [-0.15, -0.1) is 0 Å². The highest BCUT2D eigenvalue weighted by atomic mass is 31.2. The number of phosphoric ester groups is 2. The molecule has 0 heterocycles. The number of esters is 4. The molecule has 0 rings (SSSR count). The molecule has 2 unspecified atom stereocenters. The molecule has 0 saturated heterocycles. The first-order chi connectivity index (χ1) is 43.9. The van der Waals surface area contributed by atoms with Crippen molar-refractivity contribution in [2.45, 2.75) is 387 Å². The van der Waals surface area contributed by atoms with E-state index in [1.54, 1.807) is 0 Å². The maximum atomic E-state index is 13.1. The van der Waals surface area contributed by atoms with Gasteiger partial charge in [-0.05, 0) is 37.5 Å². The molecule has 0 aromatic carbocycles. The zero-order valence-electron chi connectivity index (χ0n) is 59.1. The van der Waals surface area contributed by atoms with Crippen LogP contribution in [0.25, 0.3) is 0 Å². The molecule has 3 N–H and O–H groups in total. The molecule has 0 radical (unpaired) electrons. The molecule has 0 amide bonds. The summed E-state index contributed by atoms with van der Waals surface area (Å²) >= 11 is 0. The monoisotopic (exact) mass is 1340 g/mol. The first kappa shape index (κ1) is 89.1. The van der Waals surface area contributed by atoms with Gasteiger partial charge in [0, 0.05) is 25.7 Å². The van der Waals surface area contributed by atoms with Gasteiger partial charge in [0.1, 0.15) is 19.3 Å². The molecule has 540 valence electrons. The summed E-state index contributed by atoms with van der Waals surface area (Å²) in [7, 11) is -9.89. The Balaban J connectivity index is 5.13. The van der Waals surface area contributed by atoms with Gasteiger partial charge in [0.05, 0.1) is 26.4 Å². The molecule has 17 nitrogen and oxygen atoms in total.